The molecule has 1 aliphatic rings. The minimum Gasteiger partial charge on any atom is -0.322 e. The van der Waals surface area contributed by atoms with E-state index in [4.69, 9.17) is 16.6 Å². The van der Waals surface area contributed by atoms with Crippen molar-refractivity contribution in [1.82, 2.24) is 0 Å². The van der Waals surface area contributed by atoms with Gasteiger partial charge in [-0.25, -0.2) is 4.99 Å². The van der Waals surface area contributed by atoms with Gasteiger partial charge in [-0.15, -0.1) is 11.3 Å². The van der Waals surface area contributed by atoms with E-state index in [1.54, 1.807) is 23.5 Å². The molecule has 0 saturated heterocycles. The Morgan fingerprint density at radius 2 is 1.71 bits per heavy atom. The van der Waals surface area contributed by atoms with E-state index in [0.717, 1.165) is 46.6 Å². The summed E-state index contributed by atoms with van der Waals surface area (Å²) in [6, 6.07) is 15.7. The molecule has 0 bridgehead atoms. The molecule has 5 heteroatoms. The maximum atomic E-state index is 13.2. The van der Waals surface area contributed by atoms with Crippen molar-refractivity contribution in [3.8, 4) is 0 Å². The quantitative estimate of drug-likeness (QED) is 0.409. The van der Waals surface area contributed by atoms with Crippen molar-refractivity contribution in [3.63, 3.8) is 0 Å². The Bertz CT molecular complexity index is 1110. The second-order valence-corrected chi connectivity index (χ2v) is 10.5. The molecule has 31 heavy (non-hydrogen) atoms. The molecule has 4 rings (SSSR count). The summed E-state index contributed by atoms with van der Waals surface area (Å²) in [5.74, 6) is -0.100. The Morgan fingerprint density at radius 1 is 1.03 bits per heavy atom. The van der Waals surface area contributed by atoms with Gasteiger partial charge in [-0.05, 0) is 72.1 Å². The number of hydrogen-bond acceptors (Lipinski definition) is 3. The highest BCUT2D eigenvalue weighted by Crippen LogP contribution is 2.40. The highest BCUT2D eigenvalue weighted by molar-refractivity contribution is 7.16. The number of hydrogen-bond donors (Lipinski definition) is 1. The minimum absolute atomic E-state index is 0.100. The average Bonchev–Trinajstić information content (AvgIpc) is 3.12. The van der Waals surface area contributed by atoms with Crippen LogP contribution in [0.25, 0.3) is 0 Å². The molecule has 1 aromatic heterocycles. The van der Waals surface area contributed by atoms with Gasteiger partial charge in [0, 0.05) is 21.8 Å². The number of rotatable bonds is 4. The van der Waals surface area contributed by atoms with Crippen LogP contribution in [0.2, 0.25) is 5.02 Å². The molecule has 0 aliphatic heterocycles. The largest absolute Gasteiger partial charge is 0.322 e. The Labute approximate surface area is 193 Å². The molecule has 3 nitrogen and oxygen atoms in total. The van der Waals surface area contributed by atoms with Crippen molar-refractivity contribution in [3.05, 3.63) is 80.7 Å². The molecule has 3 aromatic rings. The third-order valence-corrected chi connectivity index (χ3v) is 7.04. The summed E-state index contributed by atoms with van der Waals surface area (Å²) in [6.45, 7) is 6.62. The summed E-state index contributed by atoms with van der Waals surface area (Å²) < 4.78 is 0. The highest BCUT2D eigenvalue weighted by Gasteiger charge is 2.25. The van der Waals surface area contributed by atoms with Gasteiger partial charge in [0.15, 0.2) is 0 Å². The van der Waals surface area contributed by atoms with Gasteiger partial charge < -0.3 is 5.32 Å². The highest BCUT2D eigenvalue weighted by atomic mass is 35.5. The number of amides is 1. The Morgan fingerprint density at radius 3 is 2.39 bits per heavy atom. The monoisotopic (exact) mass is 450 g/mol. The van der Waals surface area contributed by atoms with Crippen LogP contribution in [-0.2, 0) is 18.3 Å². The van der Waals surface area contributed by atoms with E-state index in [1.807, 2.05) is 18.3 Å². The molecule has 0 saturated carbocycles. The Kier molecular flexibility index (Phi) is 6.31. The molecule has 0 radical (unpaired) electrons. The van der Waals surface area contributed by atoms with Gasteiger partial charge in [0.05, 0.1) is 5.56 Å². The zero-order chi connectivity index (χ0) is 22.0. The fraction of sp³-hybridized carbons (Fsp3) is 0.308. The first-order valence-electron chi connectivity index (χ1n) is 10.7. The van der Waals surface area contributed by atoms with E-state index in [0.29, 0.717) is 5.02 Å². The van der Waals surface area contributed by atoms with Crippen molar-refractivity contribution >= 4 is 45.7 Å². The number of halogens is 1. The molecule has 1 amide bonds. The molecule has 1 aliphatic carbocycles. The SMILES string of the molecule is CC(C)(C)c1ccc(/C=N/c2sc3c(c2C(=O)Nc2ccc(Cl)cc2)CCCC3)cc1. The Hall–Kier alpha value is -2.43. The number of nitrogens with one attached hydrogen (secondary N) is 1. The lowest BCUT2D eigenvalue weighted by molar-refractivity contribution is 0.102. The molecule has 160 valence electrons. The smallest absolute Gasteiger partial charge is 0.259 e. The van der Waals surface area contributed by atoms with Gasteiger partial charge in [-0.2, -0.15) is 0 Å². The van der Waals surface area contributed by atoms with Crippen molar-refractivity contribution < 1.29 is 4.79 Å². The zero-order valence-electron chi connectivity index (χ0n) is 18.2. The Balaban J connectivity index is 1.63. The first kappa shape index (κ1) is 21.8. The number of thiophene rings is 1. The van der Waals surface area contributed by atoms with Gasteiger partial charge in [-0.3, -0.25) is 4.79 Å². The van der Waals surface area contributed by atoms with Crippen molar-refractivity contribution in [2.24, 2.45) is 4.99 Å². The molecule has 0 fully saturated rings. The van der Waals surface area contributed by atoms with Crippen LogP contribution in [-0.4, -0.2) is 12.1 Å². The van der Waals surface area contributed by atoms with Gasteiger partial charge in [0.1, 0.15) is 5.00 Å². The maximum absolute atomic E-state index is 13.2. The summed E-state index contributed by atoms with van der Waals surface area (Å²) >= 11 is 7.62. The predicted octanol–water partition coefficient (Wildman–Crippen LogP) is 7.58. The normalized spacial score (nSPS) is 13.9. The molecule has 0 unspecified atom stereocenters. The summed E-state index contributed by atoms with van der Waals surface area (Å²) in [5.41, 5.74) is 5.06. The van der Waals surface area contributed by atoms with Crippen LogP contribution in [0.3, 0.4) is 0 Å². The van der Waals surface area contributed by atoms with Gasteiger partial charge >= 0.3 is 0 Å². The molecule has 1 N–H and O–H groups in total. The van der Waals surface area contributed by atoms with Crippen LogP contribution >= 0.6 is 22.9 Å². The summed E-state index contributed by atoms with van der Waals surface area (Å²) in [7, 11) is 0. The molecule has 2 aromatic carbocycles. The number of benzene rings is 2. The van der Waals surface area contributed by atoms with Crippen molar-refractivity contribution in [2.45, 2.75) is 51.9 Å². The molecule has 0 atom stereocenters. The number of carbonyl (C=O) groups excluding carboxylic acids is 1. The van der Waals surface area contributed by atoms with E-state index in [1.165, 1.54) is 16.9 Å². The number of nitrogens with zero attached hydrogens (tertiary/aromatic N) is 1. The predicted molar refractivity (Wildman–Crippen MR) is 133 cm³/mol. The van der Waals surface area contributed by atoms with Crippen LogP contribution in [0.5, 0.6) is 0 Å². The van der Waals surface area contributed by atoms with Gasteiger partial charge in [0.2, 0.25) is 0 Å². The number of aryl methyl sites for hydroxylation is 1. The second-order valence-electron chi connectivity index (χ2n) is 8.98. The zero-order valence-corrected chi connectivity index (χ0v) is 19.7. The van der Waals surface area contributed by atoms with E-state index in [9.17, 15) is 4.79 Å². The van der Waals surface area contributed by atoms with Crippen LogP contribution in [0.15, 0.2) is 53.5 Å². The number of fused-ring (bicyclic) bond motifs is 1. The van der Waals surface area contributed by atoms with Crippen LogP contribution < -0.4 is 5.32 Å². The van der Waals surface area contributed by atoms with E-state index in [-0.39, 0.29) is 11.3 Å². The third-order valence-electron chi connectivity index (χ3n) is 5.59. The van der Waals surface area contributed by atoms with Crippen molar-refractivity contribution in [2.75, 3.05) is 5.32 Å². The van der Waals surface area contributed by atoms with Gasteiger partial charge in [-0.1, -0.05) is 56.6 Å². The fourth-order valence-electron chi connectivity index (χ4n) is 3.81. The molecular weight excluding hydrogens is 424 g/mol. The summed E-state index contributed by atoms with van der Waals surface area (Å²) in [4.78, 5) is 19.3. The minimum atomic E-state index is -0.100. The standard InChI is InChI=1S/C26H27ClN2OS/c1-26(2,3)18-10-8-17(9-11-18)16-28-25-23(21-6-4-5-7-22(21)31-25)24(30)29-20-14-12-19(27)13-15-20/h8-16H,4-7H2,1-3H3,(H,29,30)/b28-16+. The molecular formula is C26H27ClN2OS. The maximum Gasteiger partial charge on any atom is 0.259 e. The van der Waals surface area contributed by atoms with E-state index in [2.05, 4.69) is 50.4 Å². The van der Waals surface area contributed by atoms with Crippen LogP contribution in [0.1, 0.15) is 65.5 Å². The third kappa shape index (κ3) is 5.08. The molecule has 1 heterocycles. The topological polar surface area (TPSA) is 41.5 Å². The lowest BCUT2D eigenvalue weighted by atomic mass is 9.87. The fourth-order valence-corrected chi connectivity index (χ4v) is 5.16. The first-order valence-corrected chi connectivity index (χ1v) is 11.9. The lowest BCUT2D eigenvalue weighted by Gasteiger charge is -2.18. The van der Waals surface area contributed by atoms with Gasteiger partial charge in [0.25, 0.3) is 5.91 Å². The van der Waals surface area contributed by atoms with Crippen molar-refractivity contribution in [1.29, 1.82) is 0 Å². The van der Waals surface area contributed by atoms with Crippen LogP contribution in [0.4, 0.5) is 10.7 Å². The summed E-state index contributed by atoms with van der Waals surface area (Å²) in [6.07, 6.45) is 6.11. The van der Waals surface area contributed by atoms with E-state index >= 15 is 0 Å². The average molecular weight is 451 g/mol. The molecule has 0 spiro atoms. The number of carbonyl (C=O) groups is 1. The van der Waals surface area contributed by atoms with E-state index < -0.39 is 0 Å². The second kappa shape index (κ2) is 8.97. The van der Waals surface area contributed by atoms with Crippen LogP contribution in [0, 0.1) is 0 Å². The lowest BCUT2D eigenvalue weighted by Crippen LogP contribution is -2.14. The number of aliphatic imine (C=N–C) groups is 1. The summed E-state index contributed by atoms with van der Waals surface area (Å²) in [5, 5.41) is 4.46. The number of anilines is 1. The first-order chi connectivity index (χ1) is 14.8.